The second-order valence-electron chi connectivity index (χ2n) is 6.79. The van der Waals surface area contributed by atoms with Crippen LogP contribution in [0.5, 0.6) is 0 Å². The fourth-order valence-electron chi connectivity index (χ4n) is 2.87. The molecule has 134 valence electrons. The molecule has 3 heterocycles. The highest BCUT2D eigenvalue weighted by Crippen LogP contribution is 2.33. The van der Waals surface area contributed by atoms with E-state index < -0.39 is 0 Å². The highest BCUT2D eigenvalue weighted by atomic mass is 32.2. The van der Waals surface area contributed by atoms with E-state index in [2.05, 4.69) is 26.8 Å². The molecule has 0 atom stereocenters. The van der Waals surface area contributed by atoms with Crippen LogP contribution in [0.2, 0.25) is 0 Å². The SMILES string of the molecule is Cc1ncccc1Sc1c(N)nc(N2CCC(C)(CN)CC2)[nH]c1=O. The number of nitrogen functional groups attached to an aromatic ring is 1. The first-order chi connectivity index (χ1) is 11.9. The molecular formula is C17H24N6OS. The second-order valence-corrected chi connectivity index (χ2v) is 7.85. The topological polar surface area (TPSA) is 114 Å². The predicted molar refractivity (Wildman–Crippen MR) is 101 cm³/mol. The van der Waals surface area contributed by atoms with E-state index in [9.17, 15) is 4.79 Å². The number of nitrogens with two attached hydrogens (primary N) is 2. The molecule has 0 bridgehead atoms. The van der Waals surface area contributed by atoms with Gasteiger partial charge in [-0.2, -0.15) is 4.98 Å². The number of piperidine rings is 1. The third-order valence-corrected chi connectivity index (χ3v) is 6.07. The van der Waals surface area contributed by atoms with Gasteiger partial charge in [0, 0.05) is 24.2 Å². The van der Waals surface area contributed by atoms with E-state index in [4.69, 9.17) is 11.5 Å². The first kappa shape index (κ1) is 17.8. The van der Waals surface area contributed by atoms with Crippen LogP contribution in [0, 0.1) is 12.3 Å². The van der Waals surface area contributed by atoms with Crippen molar-refractivity contribution in [3.8, 4) is 0 Å². The average Bonchev–Trinajstić information content (AvgIpc) is 2.60. The maximum absolute atomic E-state index is 12.5. The van der Waals surface area contributed by atoms with Crippen LogP contribution in [0.15, 0.2) is 32.9 Å². The van der Waals surface area contributed by atoms with E-state index in [0.29, 0.717) is 17.4 Å². The van der Waals surface area contributed by atoms with Gasteiger partial charge in [-0.25, -0.2) is 0 Å². The molecule has 0 spiro atoms. The number of nitrogens with zero attached hydrogens (tertiary/aromatic N) is 3. The molecule has 2 aromatic heterocycles. The summed E-state index contributed by atoms with van der Waals surface area (Å²) in [4.78, 5) is 27.5. The Balaban J connectivity index is 1.82. The quantitative estimate of drug-likeness (QED) is 0.761. The summed E-state index contributed by atoms with van der Waals surface area (Å²) in [6.45, 7) is 6.39. The van der Waals surface area contributed by atoms with Crippen LogP contribution >= 0.6 is 11.8 Å². The van der Waals surface area contributed by atoms with Crippen LogP contribution in [0.25, 0.3) is 0 Å². The van der Waals surface area contributed by atoms with Crippen molar-refractivity contribution >= 4 is 23.5 Å². The number of pyridine rings is 1. The number of aromatic amines is 1. The monoisotopic (exact) mass is 360 g/mol. The Kier molecular flexibility index (Phi) is 5.01. The van der Waals surface area contributed by atoms with Crippen LogP contribution in [0.3, 0.4) is 0 Å². The first-order valence-electron chi connectivity index (χ1n) is 8.36. The second kappa shape index (κ2) is 7.05. The normalized spacial score (nSPS) is 16.8. The Morgan fingerprint density at radius 2 is 2.12 bits per heavy atom. The van der Waals surface area contributed by atoms with Crippen LogP contribution < -0.4 is 21.9 Å². The molecule has 0 unspecified atom stereocenters. The maximum Gasteiger partial charge on any atom is 0.268 e. The van der Waals surface area contributed by atoms with Crippen molar-refractivity contribution < 1.29 is 0 Å². The Morgan fingerprint density at radius 3 is 2.72 bits per heavy atom. The lowest BCUT2D eigenvalue weighted by atomic mass is 9.81. The third kappa shape index (κ3) is 3.80. The standard InChI is InChI=1S/C17H24N6OS/c1-11-12(4-3-7-20-11)25-13-14(19)21-16(22-15(13)24)23-8-5-17(2,10-18)6-9-23/h3-4,7H,5-6,8-10,18H2,1-2H3,(H3,19,21,22,24). The van der Waals surface area contributed by atoms with Crippen molar-refractivity contribution in [2.24, 2.45) is 11.1 Å². The van der Waals surface area contributed by atoms with Crippen molar-refractivity contribution in [3.63, 3.8) is 0 Å². The van der Waals surface area contributed by atoms with Gasteiger partial charge >= 0.3 is 0 Å². The summed E-state index contributed by atoms with van der Waals surface area (Å²) in [5, 5.41) is 0. The van der Waals surface area contributed by atoms with Crippen LogP contribution in [-0.4, -0.2) is 34.6 Å². The molecule has 2 aromatic rings. The molecule has 1 saturated heterocycles. The molecule has 1 aliphatic heterocycles. The van der Waals surface area contributed by atoms with Gasteiger partial charge in [-0.05, 0) is 43.9 Å². The zero-order valence-electron chi connectivity index (χ0n) is 14.6. The minimum atomic E-state index is -0.220. The highest BCUT2D eigenvalue weighted by molar-refractivity contribution is 7.99. The predicted octanol–water partition coefficient (Wildman–Crippen LogP) is 1.77. The number of hydrogen-bond acceptors (Lipinski definition) is 7. The average molecular weight is 360 g/mol. The molecule has 5 N–H and O–H groups in total. The van der Waals surface area contributed by atoms with Gasteiger partial charge < -0.3 is 16.4 Å². The molecule has 0 aromatic carbocycles. The van der Waals surface area contributed by atoms with Gasteiger partial charge in [0.25, 0.3) is 5.56 Å². The first-order valence-corrected chi connectivity index (χ1v) is 9.18. The Hall–Kier alpha value is -2.06. The van der Waals surface area contributed by atoms with Crippen molar-refractivity contribution in [2.45, 2.75) is 36.5 Å². The van der Waals surface area contributed by atoms with Gasteiger partial charge in [0.2, 0.25) is 5.95 Å². The summed E-state index contributed by atoms with van der Waals surface area (Å²) in [5.41, 5.74) is 12.7. The molecular weight excluding hydrogens is 336 g/mol. The number of nitrogens with one attached hydrogen (secondary N) is 1. The fraction of sp³-hybridized carbons (Fsp3) is 0.471. The van der Waals surface area contributed by atoms with Crippen molar-refractivity contribution in [3.05, 3.63) is 34.4 Å². The fourth-order valence-corrected chi connectivity index (χ4v) is 3.73. The van der Waals surface area contributed by atoms with Gasteiger partial charge in [0.05, 0.1) is 5.69 Å². The zero-order chi connectivity index (χ0) is 18.0. The van der Waals surface area contributed by atoms with Gasteiger partial charge in [0.1, 0.15) is 10.7 Å². The van der Waals surface area contributed by atoms with E-state index in [-0.39, 0.29) is 16.8 Å². The number of H-pyrrole nitrogens is 1. The van der Waals surface area contributed by atoms with Crippen molar-refractivity contribution in [2.75, 3.05) is 30.3 Å². The smallest absolute Gasteiger partial charge is 0.268 e. The van der Waals surface area contributed by atoms with E-state index in [0.717, 1.165) is 36.5 Å². The Morgan fingerprint density at radius 1 is 1.40 bits per heavy atom. The van der Waals surface area contributed by atoms with Crippen LogP contribution in [-0.2, 0) is 0 Å². The third-order valence-electron chi connectivity index (χ3n) is 4.82. The van der Waals surface area contributed by atoms with Crippen molar-refractivity contribution in [1.82, 2.24) is 15.0 Å². The maximum atomic E-state index is 12.5. The Labute approximate surface area is 151 Å². The number of hydrogen-bond donors (Lipinski definition) is 3. The summed E-state index contributed by atoms with van der Waals surface area (Å²) in [6.07, 6.45) is 3.66. The molecule has 3 rings (SSSR count). The molecule has 0 amide bonds. The number of aromatic nitrogens is 3. The zero-order valence-corrected chi connectivity index (χ0v) is 15.4. The van der Waals surface area contributed by atoms with Gasteiger partial charge in [-0.1, -0.05) is 18.7 Å². The largest absolute Gasteiger partial charge is 0.382 e. The molecule has 1 aliphatic rings. The molecule has 1 fully saturated rings. The molecule has 25 heavy (non-hydrogen) atoms. The van der Waals surface area contributed by atoms with Crippen LogP contribution in [0.4, 0.5) is 11.8 Å². The van der Waals surface area contributed by atoms with E-state index in [1.807, 2.05) is 19.1 Å². The summed E-state index contributed by atoms with van der Waals surface area (Å²) >= 11 is 1.30. The summed E-state index contributed by atoms with van der Waals surface area (Å²) < 4.78 is 0. The minimum Gasteiger partial charge on any atom is -0.382 e. The van der Waals surface area contributed by atoms with Gasteiger partial charge in [-0.15, -0.1) is 0 Å². The lowest BCUT2D eigenvalue weighted by Gasteiger charge is -2.38. The number of anilines is 2. The summed E-state index contributed by atoms with van der Waals surface area (Å²) in [7, 11) is 0. The number of rotatable bonds is 4. The van der Waals surface area contributed by atoms with Gasteiger partial charge in [-0.3, -0.25) is 14.8 Å². The highest BCUT2D eigenvalue weighted by Gasteiger charge is 2.30. The van der Waals surface area contributed by atoms with E-state index >= 15 is 0 Å². The molecule has 0 radical (unpaired) electrons. The lowest BCUT2D eigenvalue weighted by Crippen LogP contribution is -2.43. The Bertz CT molecular complexity index is 813. The summed E-state index contributed by atoms with van der Waals surface area (Å²) in [6, 6.07) is 3.75. The lowest BCUT2D eigenvalue weighted by molar-refractivity contribution is 0.257. The van der Waals surface area contributed by atoms with E-state index in [1.54, 1.807) is 6.20 Å². The number of aryl methyl sites for hydroxylation is 1. The molecule has 0 aliphatic carbocycles. The van der Waals surface area contributed by atoms with E-state index in [1.165, 1.54) is 11.8 Å². The summed E-state index contributed by atoms with van der Waals surface area (Å²) in [5.74, 6) is 0.785. The van der Waals surface area contributed by atoms with Gasteiger partial charge in [0.15, 0.2) is 0 Å². The molecule has 8 heteroatoms. The van der Waals surface area contributed by atoms with Crippen LogP contribution in [0.1, 0.15) is 25.5 Å². The minimum absolute atomic E-state index is 0.163. The molecule has 0 saturated carbocycles. The van der Waals surface area contributed by atoms with Crippen molar-refractivity contribution in [1.29, 1.82) is 0 Å². The molecule has 7 nitrogen and oxygen atoms in total.